The van der Waals surface area contributed by atoms with Gasteiger partial charge in [-0.2, -0.15) is 0 Å². The molecule has 0 saturated heterocycles. The summed E-state index contributed by atoms with van der Waals surface area (Å²) in [5.41, 5.74) is 7.14. The molecule has 106 valence electrons. The molecule has 1 heterocycles. The van der Waals surface area contributed by atoms with Gasteiger partial charge in [0.2, 0.25) is 0 Å². The van der Waals surface area contributed by atoms with E-state index in [1.807, 2.05) is 30.3 Å². The lowest BCUT2D eigenvalue weighted by Crippen LogP contribution is -2.12. The van der Waals surface area contributed by atoms with Gasteiger partial charge in [0.15, 0.2) is 5.84 Å². The van der Waals surface area contributed by atoms with E-state index in [-0.39, 0.29) is 5.84 Å². The zero-order valence-corrected chi connectivity index (χ0v) is 11.9. The minimum absolute atomic E-state index is 0.0560. The molecule has 0 saturated carbocycles. The van der Waals surface area contributed by atoms with Crippen LogP contribution in [0.15, 0.2) is 53.7 Å². The summed E-state index contributed by atoms with van der Waals surface area (Å²) in [6.07, 6.45) is 0. The third-order valence-corrected chi connectivity index (χ3v) is 3.95. The Morgan fingerprint density at radius 3 is 2.90 bits per heavy atom. The van der Waals surface area contributed by atoms with Crippen LogP contribution >= 0.6 is 11.3 Å². The number of nitrogens with zero attached hydrogens (tertiary/aromatic N) is 2. The first-order chi connectivity index (χ1) is 10.3. The molecule has 2 aromatic carbocycles. The quantitative estimate of drug-likeness (QED) is 0.336. The first-order valence-corrected chi connectivity index (χ1v) is 7.13. The van der Waals surface area contributed by atoms with E-state index in [2.05, 4.69) is 10.1 Å². The molecule has 5 nitrogen and oxygen atoms in total. The average molecular weight is 299 g/mol. The Hall–Kier alpha value is -2.60. The minimum atomic E-state index is 0.0560. The fourth-order valence-electron chi connectivity index (χ4n) is 1.93. The van der Waals surface area contributed by atoms with Gasteiger partial charge in [0, 0.05) is 5.56 Å². The molecule has 0 bridgehead atoms. The van der Waals surface area contributed by atoms with Crippen molar-refractivity contribution >= 4 is 27.4 Å². The van der Waals surface area contributed by atoms with Crippen LogP contribution in [0.4, 0.5) is 0 Å². The molecular formula is C15H13N3O2S. The Morgan fingerprint density at radius 2 is 2.10 bits per heavy atom. The topological polar surface area (TPSA) is 80.7 Å². The summed E-state index contributed by atoms with van der Waals surface area (Å²) in [4.78, 5) is 4.51. The first-order valence-electron chi connectivity index (χ1n) is 6.31. The van der Waals surface area contributed by atoms with E-state index in [0.29, 0.717) is 17.9 Å². The Balaban J connectivity index is 1.75. The molecule has 0 unspecified atom stereocenters. The summed E-state index contributed by atoms with van der Waals surface area (Å²) in [5.74, 6) is 0.707. The Labute approximate surface area is 125 Å². The van der Waals surface area contributed by atoms with Crippen LogP contribution in [0.2, 0.25) is 0 Å². The summed E-state index contributed by atoms with van der Waals surface area (Å²) in [6.45, 7) is 0.388. The lowest BCUT2D eigenvalue weighted by atomic mass is 10.2. The van der Waals surface area contributed by atoms with Gasteiger partial charge in [-0.15, -0.1) is 11.3 Å². The SMILES string of the molecule is N/C(=N/O)c1cccc(OCc2nc3ccccc3s2)c1. The number of benzene rings is 2. The summed E-state index contributed by atoms with van der Waals surface area (Å²) >= 11 is 1.61. The van der Waals surface area contributed by atoms with Gasteiger partial charge in [-0.1, -0.05) is 29.4 Å². The monoisotopic (exact) mass is 299 g/mol. The van der Waals surface area contributed by atoms with Crippen molar-refractivity contribution in [3.63, 3.8) is 0 Å². The van der Waals surface area contributed by atoms with Crippen LogP contribution < -0.4 is 10.5 Å². The van der Waals surface area contributed by atoms with Gasteiger partial charge in [0.05, 0.1) is 10.2 Å². The predicted molar refractivity (Wildman–Crippen MR) is 82.9 cm³/mol. The Kier molecular flexibility index (Phi) is 3.70. The van der Waals surface area contributed by atoms with Crippen LogP contribution in [0.3, 0.4) is 0 Å². The highest BCUT2D eigenvalue weighted by Crippen LogP contribution is 2.23. The number of fused-ring (bicyclic) bond motifs is 1. The van der Waals surface area contributed by atoms with Crippen molar-refractivity contribution in [2.24, 2.45) is 10.9 Å². The number of hydrogen-bond donors (Lipinski definition) is 2. The molecule has 0 amide bonds. The zero-order chi connectivity index (χ0) is 14.7. The maximum absolute atomic E-state index is 8.68. The van der Waals surface area contributed by atoms with Crippen molar-refractivity contribution in [1.82, 2.24) is 4.98 Å². The van der Waals surface area contributed by atoms with E-state index in [0.717, 1.165) is 15.2 Å². The fourth-order valence-corrected chi connectivity index (χ4v) is 2.81. The van der Waals surface area contributed by atoms with Crippen molar-refractivity contribution in [3.05, 3.63) is 59.1 Å². The van der Waals surface area contributed by atoms with Crippen molar-refractivity contribution in [2.45, 2.75) is 6.61 Å². The highest BCUT2D eigenvalue weighted by molar-refractivity contribution is 7.18. The summed E-state index contributed by atoms with van der Waals surface area (Å²) in [7, 11) is 0. The second-order valence-corrected chi connectivity index (χ2v) is 5.49. The number of ether oxygens (including phenoxy) is 1. The average Bonchev–Trinajstić information content (AvgIpc) is 2.95. The number of aromatic nitrogens is 1. The predicted octanol–water partition coefficient (Wildman–Crippen LogP) is 2.97. The zero-order valence-electron chi connectivity index (χ0n) is 11.1. The Bertz CT molecular complexity index is 765. The van der Waals surface area contributed by atoms with Crippen molar-refractivity contribution in [2.75, 3.05) is 0 Å². The number of amidine groups is 1. The smallest absolute Gasteiger partial charge is 0.170 e. The molecule has 3 N–H and O–H groups in total. The first kappa shape index (κ1) is 13.4. The van der Waals surface area contributed by atoms with Crippen molar-refractivity contribution in [3.8, 4) is 5.75 Å². The number of hydrogen-bond acceptors (Lipinski definition) is 5. The van der Waals surface area contributed by atoms with E-state index in [1.54, 1.807) is 29.5 Å². The number of para-hydroxylation sites is 1. The second-order valence-electron chi connectivity index (χ2n) is 4.38. The highest BCUT2D eigenvalue weighted by atomic mass is 32.1. The maximum atomic E-state index is 8.68. The third kappa shape index (κ3) is 2.95. The van der Waals surface area contributed by atoms with Crippen LogP contribution in [0.25, 0.3) is 10.2 Å². The lowest BCUT2D eigenvalue weighted by Gasteiger charge is -2.05. The van der Waals surface area contributed by atoms with Gasteiger partial charge in [0.1, 0.15) is 17.4 Å². The van der Waals surface area contributed by atoms with E-state index in [1.165, 1.54) is 0 Å². The van der Waals surface area contributed by atoms with Crippen LogP contribution in [0, 0.1) is 0 Å². The fraction of sp³-hybridized carbons (Fsp3) is 0.0667. The van der Waals surface area contributed by atoms with Crippen LogP contribution in [-0.4, -0.2) is 16.0 Å². The molecule has 0 aliphatic heterocycles. The van der Waals surface area contributed by atoms with Gasteiger partial charge in [-0.05, 0) is 24.3 Å². The molecule has 0 spiro atoms. The van der Waals surface area contributed by atoms with Crippen LogP contribution in [0.5, 0.6) is 5.75 Å². The molecule has 6 heteroatoms. The minimum Gasteiger partial charge on any atom is -0.486 e. The van der Waals surface area contributed by atoms with Gasteiger partial charge in [-0.25, -0.2) is 4.98 Å². The summed E-state index contributed by atoms with van der Waals surface area (Å²) < 4.78 is 6.85. The van der Waals surface area contributed by atoms with Crippen LogP contribution in [0.1, 0.15) is 10.6 Å². The van der Waals surface area contributed by atoms with Crippen molar-refractivity contribution in [1.29, 1.82) is 0 Å². The number of thiazole rings is 1. The van der Waals surface area contributed by atoms with Crippen LogP contribution in [-0.2, 0) is 6.61 Å². The molecule has 3 rings (SSSR count). The number of nitrogens with two attached hydrogens (primary N) is 1. The molecule has 0 aliphatic rings. The number of rotatable bonds is 4. The van der Waals surface area contributed by atoms with Gasteiger partial charge in [-0.3, -0.25) is 0 Å². The van der Waals surface area contributed by atoms with Crippen molar-refractivity contribution < 1.29 is 9.94 Å². The molecule has 3 aromatic rings. The number of oxime groups is 1. The van der Waals surface area contributed by atoms with Gasteiger partial charge >= 0.3 is 0 Å². The highest BCUT2D eigenvalue weighted by Gasteiger charge is 2.05. The molecular weight excluding hydrogens is 286 g/mol. The molecule has 0 fully saturated rings. The summed E-state index contributed by atoms with van der Waals surface area (Å²) in [5, 5.41) is 12.6. The Morgan fingerprint density at radius 1 is 1.24 bits per heavy atom. The van der Waals surface area contributed by atoms with Gasteiger partial charge < -0.3 is 15.7 Å². The molecule has 0 aliphatic carbocycles. The van der Waals surface area contributed by atoms with E-state index < -0.39 is 0 Å². The maximum Gasteiger partial charge on any atom is 0.170 e. The third-order valence-electron chi connectivity index (χ3n) is 2.94. The molecule has 0 atom stereocenters. The van der Waals surface area contributed by atoms with Gasteiger partial charge in [0.25, 0.3) is 0 Å². The molecule has 0 radical (unpaired) electrons. The second kappa shape index (κ2) is 5.80. The van der Waals surface area contributed by atoms with E-state index in [9.17, 15) is 0 Å². The van der Waals surface area contributed by atoms with E-state index in [4.69, 9.17) is 15.7 Å². The summed E-state index contributed by atoms with van der Waals surface area (Å²) in [6, 6.07) is 15.1. The molecule has 21 heavy (non-hydrogen) atoms. The molecule has 1 aromatic heterocycles. The van der Waals surface area contributed by atoms with E-state index >= 15 is 0 Å². The normalized spacial score (nSPS) is 11.7. The standard InChI is InChI=1S/C15H13N3O2S/c16-15(18-19)10-4-3-5-11(8-10)20-9-14-17-12-6-1-2-7-13(12)21-14/h1-8,19H,9H2,(H2,16,18). The lowest BCUT2D eigenvalue weighted by molar-refractivity contribution is 0.305. The largest absolute Gasteiger partial charge is 0.486 e.